The maximum atomic E-state index is 12.9. The van der Waals surface area contributed by atoms with E-state index in [4.69, 9.17) is 9.15 Å². The SMILES string of the molecule is CCC(C)(C)c1cnc(CSc2cnc(NC(=O)C3CCN(CC4CCN(C(=O)OC(C)(C)C)CC4)CC3)s2)o1. The zero-order valence-electron chi connectivity index (χ0n) is 24.8. The van der Waals surface area contributed by atoms with Gasteiger partial charge in [0.2, 0.25) is 11.8 Å². The molecule has 2 fully saturated rings. The van der Waals surface area contributed by atoms with Crippen LogP contribution in [0.3, 0.4) is 0 Å². The highest BCUT2D eigenvalue weighted by Gasteiger charge is 2.30. The number of carbonyl (C=O) groups is 2. The Hall–Kier alpha value is -2.11. The summed E-state index contributed by atoms with van der Waals surface area (Å²) in [5, 5.41) is 3.68. The average Bonchev–Trinajstić information content (AvgIpc) is 3.57. The van der Waals surface area contributed by atoms with E-state index >= 15 is 0 Å². The molecule has 2 aromatic rings. The Morgan fingerprint density at radius 2 is 1.77 bits per heavy atom. The molecule has 4 heterocycles. The zero-order valence-corrected chi connectivity index (χ0v) is 26.5. The third-order valence-electron chi connectivity index (χ3n) is 7.90. The molecule has 0 saturated carbocycles. The minimum atomic E-state index is -0.458. The van der Waals surface area contributed by atoms with Crippen LogP contribution in [-0.2, 0) is 20.7 Å². The molecule has 2 aliphatic heterocycles. The smallest absolute Gasteiger partial charge is 0.410 e. The number of anilines is 1. The predicted octanol–water partition coefficient (Wildman–Crippen LogP) is 6.41. The molecule has 0 bridgehead atoms. The highest BCUT2D eigenvalue weighted by molar-refractivity contribution is 8.00. The van der Waals surface area contributed by atoms with Crippen molar-refractivity contribution in [3.8, 4) is 0 Å². The Morgan fingerprint density at radius 3 is 2.42 bits per heavy atom. The number of hydrogen-bond acceptors (Lipinski definition) is 9. The number of amides is 2. The lowest BCUT2D eigenvalue weighted by Gasteiger charge is -2.37. The number of piperidine rings is 2. The number of nitrogens with one attached hydrogen (secondary N) is 1. The van der Waals surface area contributed by atoms with Gasteiger partial charge in [-0.25, -0.2) is 14.8 Å². The van der Waals surface area contributed by atoms with Gasteiger partial charge in [0.25, 0.3) is 0 Å². The van der Waals surface area contributed by atoms with Crippen LogP contribution in [0.2, 0.25) is 0 Å². The number of rotatable bonds is 9. The Morgan fingerprint density at radius 1 is 1.07 bits per heavy atom. The minimum Gasteiger partial charge on any atom is -0.444 e. The highest BCUT2D eigenvalue weighted by atomic mass is 32.2. The first-order valence-electron chi connectivity index (χ1n) is 14.5. The molecule has 222 valence electrons. The van der Waals surface area contributed by atoms with Gasteiger partial charge >= 0.3 is 6.09 Å². The molecule has 40 heavy (non-hydrogen) atoms. The van der Waals surface area contributed by atoms with Crippen LogP contribution in [0, 0.1) is 11.8 Å². The summed E-state index contributed by atoms with van der Waals surface area (Å²) in [7, 11) is 0. The highest BCUT2D eigenvalue weighted by Crippen LogP contribution is 2.33. The van der Waals surface area contributed by atoms with E-state index in [0.717, 1.165) is 74.8 Å². The fourth-order valence-electron chi connectivity index (χ4n) is 4.96. The fraction of sp³-hybridized carbons (Fsp3) is 0.724. The Bertz CT molecular complexity index is 1130. The third kappa shape index (κ3) is 8.69. The van der Waals surface area contributed by atoms with Crippen molar-refractivity contribution in [2.45, 2.75) is 94.6 Å². The predicted molar refractivity (Wildman–Crippen MR) is 160 cm³/mol. The first-order chi connectivity index (χ1) is 18.9. The lowest BCUT2D eigenvalue weighted by atomic mass is 9.88. The van der Waals surface area contributed by atoms with E-state index < -0.39 is 5.60 Å². The van der Waals surface area contributed by atoms with E-state index in [1.807, 2.05) is 38.1 Å². The number of carbonyl (C=O) groups excluding carboxylic acids is 2. The van der Waals surface area contributed by atoms with E-state index in [1.54, 1.807) is 11.8 Å². The second kappa shape index (κ2) is 13.2. The summed E-state index contributed by atoms with van der Waals surface area (Å²) in [5.41, 5.74) is -0.477. The normalized spacial score (nSPS) is 18.2. The van der Waals surface area contributed by atoms with Crippen molar-refractivity contribution in [1.82, 2.24) is 19.8 Å². The van der Waals surface area contributed by atoms with Crippen LogP contribution < -0.4 is 5.32 Å². The number of nitrogens with zero attached hydrogens (tertiary/aromatic N) is 4. The van der Waals surface area contributed by atoms with Crippen LogP contribution in [0.1, 0.15) is 85.3 Å². The van der Waals surface area contributed by atoms with Crippen LogP contribution in [0.4, 0.5) is 9.93 Å². The maximum absolute atomic E-state index is 12.9. The lowest BCUT2D eigenvalue weighted by molar-refractivity contribution is -0.121. The van der Waals surface area contributed by atoms with Crippen molar-refractivity contribution < 1.29 is 18.7 Å². The summed E-state index contributed by atoms with van der Waals surface area (Å²) in [4.78, 5) is 38.4. The standard InChI is InChI=1S/C29H45N5O4S2/c1-7-29(5,6)22-16-30-23(37-22)19-39-24-17-31-26(40-24)32-25(35)21-10-12-33(13-11-21)18-20-8-14-34(15-9-20)27(36)38-28(2,3)4/h16-17,20-21H,7-15,18-19H2,1-6H3,(H,31,32,35). The molecule has 2 aliphatic rings. The molecule has 0 spiro atoms. The number of likely N-dealkylation sites (tertiary alicyclic amines) is 2. The zero-order chi connectivity index (χ0) is 28.9. The number of thioether (sulfide) groups is 1. The van der Waals surface area contributed by atoms with Gasteiger partial charge in [0.1, 0.15) is 11.4 Å². The van der Waals surface area contributed by atoms with Crippen LogP contribution in [-0.4, -0.2) is 70.1 Å². The largest absolute Gasteiger partial charge is 0.444 e. The Kier molecular flexibility index (Phi) is 10.2. The molecule has 0 radical (unpaired) electrons. The van der Waals surface area contributed by atoms with Crippen molar-refractivity contribution >= 4 is 40.2 Å². The van der Waals surface area contributed by atoms with Crippen molar-refractivity contribution in [3.05, 3.63) is 24.0 Å². The number of aromatic nitrogens is 2. The quantitative estimate of drug-likeness (QED) is 0.334. The topological polar surface area (TPSA) is 101 Å². The van der Waals surface area contributed by atoms with E-state index in [-0.39, 0.29) is 23.3 Å². The molecule has 9 nitrogen and oxygen atoms in total. The van der Waals surface area contributed by atoms with Gasteiger partial charge in [0.05, 0.1) is 22.4 Å². The van der Waals surface area contributed by atoms with E-state index in [0.29, 0.717) is 22.7 Å². The average molecular weight is 592 g/mol. The summed E-state index contributed by atoms with van der Waals surface area (Å²) < 4.78 is 12.5. The number of hydrogen-bond donors (Lipinski definition) is 1. The molecule has 0 aliphatic carbocycles. The lowest BCUT2D eigenvalue weighted by Crippen LogP contribution is -2.45. The summed E-state index contributed by atoms with van der Waals surface area (Å²) in [6.07, 6.45) is 8.13. The second-order valence-corrected chi connectivity index (χ2v) is 14.9. The van der Waals surface area contributed by atoms with Gasteiger partial charge in [0, 0.05) is 31.0 Å². The van der Waals surface area contributed by atoms with Crippen molar-refractivity contribution in [2.24, 2.45) is 11.8 Å². The Balaban J connectivity index is 1.15. The monoisotopic (exact) mass is 591 g/mol. The summed E-state index contributed by atoms with van der Waals surface area (Å²) in [5.74, 6) is 2.91. The van der Waals surface area contributed by atoms with Gasteiger partial charge in [-0.15, -0.1) is 11.8 Å². The van der Waals surface area contributed by atoms with Crippen LogP contribution in [0.25, 0.3) is 0 Å². The molecule has 2 aromatic heterocycles. The molecule has 2 saturated heterocycles. The van der Waals surface area contributed by atoms with Gasteiger partial charge in [-0.2, -0.15) is 0 Å². The fourth-order valence-corrected chi connectivity index (χ4v) is 6.68. The number of oxazole rings is 1. The van der Waals surface area contributed by atoms with Crippen LogP contribution >= 0.6 is 23.1 Å². The van der Waals surface area contributed by atoms with Gasteiger partial charge in [0.15, 0.2) is 5.13 Å². The molecular weight excluding hydrogens is 546 g/mol. The summed E-state index contributed by atoms with van der Waals surface area (Å²) in [6.45, 7) is 16.6. The van der Waals surface area contributed by atoms with Crippen LogP contribution in [0.5, 0.6) is 0 Å². The Labute approximate surface area is 246 Å². The van der Waals surface area contributed by atoms with Crippen molar-refractivity contribution in [3.63, 3.8) is 0 Å². The molecule has 11 heteroatoms. The molecular formula is C29H45N5O4S2. The first kappa shape index (κ1) is 30.8. The van der Waals surface area contributed by atoms with Gasteiger partial charge in [-0.3, -0.25) is 4.79 Å². The molecule has 0 aromatic carbocycles. The van der Waals surface area contributed by atoms with E-state index in [9.17, 15) is 9.59 Å². The molecule has 1 N–H and O–H groups in total. The maximum Gasteiger partial charge on any atom is 0.410 e. The van der Waals surface area contributed by atoms with Crippen LogP contribution in [0.15, 0.2) is 21.0 Å². The minimum absolute atomic E-state index is 0.0120. The number of ether oxygens (including phenoxy) is 1. The third-order valence-corrected chi connectivity index (χ3v) is 9.99. The van der Waals surface area contributed by atoms with Crippen molar-refractivity contribution in [2.75, 3.05) is 38.0 Å². The van der Waals surface area contributed by atoms with Gasteiger partial charge < -0.3 is 24.3 Å². The summed E-state index contributed by atoms with van der Waals surface area (Å²) >= 11 is 3.12. The molecule has 4 rings (SSSR count). The molecule has 0 atom stereocenters. The molecule has 2 amide bonds. The van der Waals surface area contributed by atoms with E-state index in [1.165, 1.54) is 11.3 Å². The van der Waals surface area contributed by atoms with Crippen molar-refractivity contribution in [1.29, 1.82) is 0 Å². The van der Waals surface area contributed by atoms with Gasteiger partial charge in [-0.1, -0.05) is 32.1 Å². The first-order valence-corrected chi connectivity index (χ1v) is 16.3. The number of thiazole rings is 1. The van der Waals surface area contributed by atoms with Gasteiger partial charge in [-0.05, 0) is 71.9 Å². The molecule has 0 unspecified atom stereocenters. The van der Waals surface area contributed by atoms with E-state index in [2.05, 4.69) is 41.0 Å². The summed E-state index contributed by atoms with van der Waals surface area (Å²) in [6, 6.07) is 0. The second-order valence-electron chi connectivity index (χ2n) is 12.6.